The minimum Gasteiger partial charge on any atom is -0.383 e. The van der Waals surface area contributed by atoms with Gasteiger partial charge in [0, 0.05) is 20.2 Å². The Balaban J connectivity index is 1.69. The number of ether oxygens (including phenoxy) is 2. The zero-order valence-electron chi connectivity index (χ0n) is 13.4. The second-order valence-corrected chi connectivity index (χ2v) is 6.60. The highest BCUT2D eigenvalue weighted by molar-refractivity contribution is 5.81. The van der Waals surface area contributed by atoms with Crippen molar-refractivity contribution in [3.63, 3.8) is 0 Å². The van der Waals surface area contributed by atoms with E-state index in [4.69, 9.17) is 15.2 Å². The highest BCUT2D eigenvalue weighted by Gasteiger charge is 2.29. The molecule has 1 aliphatic heterocycles. The number of carbonyl (C=O) groups is 1. The number of methoxy groups -OCH3 is 1. The number of nitrogens with two attached hydrogens (primary N) is 1. The largest absolute Gasteiger partial charge is 0.383 e. The first-order valence-electron chi connectivity index (χ1n) is 8.29. The van der Waals surface area contributed by atoms with Crippen molar-refractivity contribution in [3.8, 4) is 0 Å². The Morgan fingerprint density at radius 2 is 1.71 bits per heavy atom. The van der Waals surface area contributed by atoms with Crippen LogP contribution in [0.2, 0.25) is 0 Å². The number of piperidine rings is 1. The Morgan fingerprint density at radius 3 is 2.29 bits per heavy atom. The van der Waals surface area contributed by atoms with Crippen LogP contribution in [0.4, 0.5) is 0 Å². The van der Waals surface area contributed by atoms with Crippen LogP contribution in [0.3, 0.4) is 0 Å². The number of nitrogens with zero attached hydrogens (tertiary/aromatic N) is 1. The van der Waals surface area contributed by atoms with Crippen LogP contribution in [0, 0.1) is 5.92 Å². The van der Waals surface area contributed by atoms with E-state index in [0.717, 1.165) is 31.8 Å². The van der Waals surface area contributed by atoms with Crippen LogP contribution in [0.25, 0.3) is 0 Å². The van der Waals surface area contributed by atoms with Crippen LogP contribution in [-0.4, -0.2) is 55.9 Å². The molecule has 0 spiro atoms. The van der Waals surface area contributed by atoms with E-state index in [1.807, 2.05) is 4.90 Å². The molecule has 21 heavy (non-hydrogen) atoms. The summed E-state index contributed by atoms with van der Waals surface area (Å²) in [6.45, 7) is 4.12. The third-order valence-corrected chi connectivity index (χ3v) is 4.76. The summed E-state index contributed by atoms with van der Waals surface area (Å²) < 4.78 is 11.2. The molecule has 5 nitrogen and oxygen atoms in total. The van der Waals surface area contributed by atoms with Crippen LogP contribution < -0.4 is 5.73 Å². The molecule has 1 aliphatic carbocycles. The molecule has 1 amide bonds. The Bertz CT molecular complexity index is 321. The normalized spacial score (nSPS) is 29.4. The minimum absolute atomic E-state index is 0.00166. The smallest absolute Gasteiger partial charge is 0.241 e. The van der Waals surface area contributed by atoms with Crippen LogP contribution in [0.1, 0.15) is 45.4 Å². The van der Waals surface area contributed by atoms with E-state index >= 15 is 0 Å². The van der Waals surface area contributed by atoms with Crippen molar-refractivity contribution in [2.45, 2.75) is 63.7 Å². The molecule has 5 heteroatoms. The first kappa shape index (κ1) is 16.7. The lowest BCUT2D eigenvalue weighted by atomic mass is 9.88. The van der Waals surface area contributed by atoms with Gasteiger partial charge in [0.25, 0.3) is 0 Å². The molecular formula is C16H30N2O3. The fourth-order valence-electron chi connectivity index (χ4n) is 3.34. The summed E-state index contributed by atoms with van der Waals surface area (Å²) >= 11 is 0. The van der Waals surface area contributed by atoms with Gasteiger partial charge in [-0.3, -0.25) is 4.79 Å². The zero-order valence-corrected chi connectivity index (χ0v) is 13.4. The third kappa shape index (κ3) is 4.94. The topological polar surface area (TPSA) is 64.8 Å². The van der Waals surface area contributed by atoms with Crippen molar-refractivity contribution in [3.05, 3.63) is 0 Å². The maximum atomic E-state index is 12.1. The van der Waals surface area contributed by atoms with Gasteiger partial charge < -0.3 is 20.1 Å². The molecule has 1 unspecified atom stereocenters. The highest BCUT2D eigenvalue weighted by Crippen LogP contribution is 2.28. The molecule has 1 saturated carbocycles. The summed E-state index contributed by atoms with van der Waals surface area (Å²) in [4.78, 5) is 14.0. The lowest BCUT2D eigenvalue weighted by Gasteiger charge is -2.36. The highest BCUT2D eigenvalue weighted by atomic mass is 16.5. The molecule has 0 aromatic rings. The van der Waals surface area contributed by atoms with E-state index in [2.05, 4.69) is 6.92 Å². The van der Waals surface area contributed by atoms with Gasteiger partial charge in [0.1, 0.15) is 6.04 Å². The molecule has 2 fully saturated rings. The van der Waals surface area contributed by atoms with Gasteiger partial charge in [-0.15, -0.1) is 0 Å². The van der Waals surface area contributed by atoms with E-state index in [-0.39, 0.29) is 12.5 Å². The van der Waals surface area contributed by atoms with Crippen molar-refractivity contribution in [1.29, 1.82) is 0 Å². The van der Waals surface area contributed by atoms with Gasteiger partial charge in [0.05, 0.1) is 18.8 Å². The molecule has 0 radical (unpaired) electrons. The van der Waals surface area contributed by atoms with Crippen LogP contribution >= 0.6 is 0 Å². The summed E-state index contributed by atoms with van der Waals surface area (Å²) in [5.41, 5.74) is 5.81. The molecule has 0 aromatic heterocycles. The molecule has 2 N–H and O–H groups in total. The first-order chi connectivity index (χ1) is 10.1. The van der Waals surface area contributed by atoms with E-state index in [1.165, 1.54) is 25.7 Å². The van der Waals surface area contributed by atoms with E-state index in [1.54, 1.807) is 7.11 Å². The zero-order chi connectivity index (χ0) is 15.2. The summed E-state index contributed by atoms with van der Waals surface area (Å²) in [6, 6.07) is -0.535. The summed E-state index contributed by atoms with van der Waals surface area (Å²) in [7, 11) is 1.57. The van der Waals surface area contributed by atoms with Crippen molar-refractivity contribution in [2.75, 3.05) is 26.8 Å². The van der Waals surface area contributed by atoms with E-state index in [9.17, 15) is 4.79 Å². The maximum absolute atomic E-state index is 12.1. The lowest BCUT2D eigenvalue weighted by Crippen LogP contribution is -2.50. The van der Waals surface area contributed by atoms with Crippen molar-refractivity contribution >= 4 is 5.91 Å². The number of amides is 1. The second kappa shape index (κ2) is 8.11. The Kier molecular flexibility index (Phi) is 6.45. The molecular weight excluding hydrogens is 268 g/mol. The standard InChI is InChI=1S/C16H30N2O3/c1-12-3-5-13(6-4-12)21-14-7-9-18(10-8-14)16(19)15(17)11-20-2/h12-15H,3-11,17H2,1-2H3. The van der Waals surface area contributed by atoms with Gasteiger partial charge in [-0.2, -0.15) is 0 Å². The van der Waals surface area contributed by atoms with Crippen LogP contribution in [0.5, 0.6) is 0 Å². The number of hydrogen-bond acceptors (Lipinski definition) is 4. The van der Waals surface area contributed by atoms with Gasteiger partial charge >= 0.3 is 0 Å². The quantitative estimate of drug-likeness (QED) is 0.836. The molecule has 122 valence electrons. The SMILES string of the molecule is COCC(N)C(=O)N1CCC(OC2CCC(C)CC2)CC1. The minimum atomic E-state index is -0.535. The molecule has 1 heterocycles. The lowest BCUT2D eigenvalue weighted by molar-refractivity contribution is -0.137. The molecule has 1 atom stereocenters. The average Bonchev–Trinajstić information content (AvgIpc) is 2.50. The fourth-order valence-corrected chi connectivity index (χ4v) is 3.34. The van der Waals surface area contributed by atoms with Crippen molar-refractivity contribution < 1.29 is 14.3 Å². The molecule has 0 bridgehead atoms. The van der Waals surface area contributed by atoms with Gasteiger partial charge in [0.15, 0.2) is 0 Å². The maximum Gasteiger partial charge on any atom is 0.241 e. The van der Waals surface area contributed by atoms with Crippen LogP contribution in [0.15, 0.2) is 0 Å². The monoisotopic (exact) mass is 298 g/mol. The number of rotatable bonds is 5. The van der Waals surface area contributed by atoms with Crippen LogP contribution in [-0.2, 0) is 14.3 Å². The van der Waals surface area contributed by atoms with Crippen molar-refractivity contribution in [2.24, 2.45) is 11.7 Å². The fraction of sp³-hybridized carbons (Fsp3) is 0.938. The average molecular weight is 298 g/mol. The predicted octanol–water partition coefficient (Wildman–Crippen LogP) is 1.55. The summed E-state index contributed by atoms with van der Waals surface area (Å²) in [5, 5.41) is 0. The van der Waals surface area contributed by atoms with Gasteiger partial charge in [0.2, 0.25) is 5.91 Å². The van der Waals surface area contributed by atoms with E-state index < -0.39 is 6.04 Å². The molecule has 0 aromatic carbocycles. The number of hydrogen-bond donors (Lipinski definition) is 1. The Labute approximate surface area is 128 Å². The number of likely N-dealkylation sites (tertiary alicyclic amines) is 1. The van der Waals surface area contributed by atoms with Crippen molar-refractivity contribution in [1.82, 2.24) is 4.90 Å². The van der Waals surface area contributed by atoms with Gasteiger partial charge in [-0.1, -0.05) is 6.92 Å². The summed E-state index contributed by atoms with van der Waals surface area (Å²) in [5.74, 6) is 0.855. The predicted molar refractivity (Wildman–Crippen MR) is 82.0 cm³/mol. The first-order valence-corrected chi connectivity index (χ1v) is 8.29. The second-order valence-electron chi connectivity index (χ2n) is 6.60. The molecule has 1 saturated heterocycles. The van der Waals surface area contributed by atoms with Gasteiger partial charge in [-0.25, -0.2) is 0 Å². The Morgan fingerprint density at radius 1 is 1.14 bits per heavy atom. The number of carbonyl (C=O) groups excluding carboxylic acids is 1. The summed E-state index contributed by atoms with van der Waals surface area (Å²) in [6.07, 6.45) is 7.56. The third-order valence-electron chi connectivity index (χ3n) is 4.76. The molecule has 2 rings (SSSR count). The van der Waals surface area contributed by atoms with E-state index in [0.29, 0.717) is 12.2 Å². The Hall–Kier alpha value is -0.650. The van der Waals surface area contributed by atoms with Gasteiger partial charge in [-0.05, 0) is 44.4 Å². The molecule has 2 aliphatic rings.